The number of carbonyl (C=O) groups is 2. The Morgan fingerprint density at radius 1 is 1.14 bits per heavy atom. The van der Waals surface area contributed by atoms with Gasteiger partial charge in [-0.05, 0) is 69.2 Å². The Morgan fingerprint density at radius 3 is 2.72 bits per heavy atom. The Balaban J connectivity index is 1.38. The summed E-state index contributed by atoms with van der Waals surface area (Å²) in [6, 6.07) is -1.35. The van der Waals surface area contributed by atoms with Gasteiger partial charge >= 0.3 is 11.9 Å². The first-order chi connectivity index (χ1) is 14.5. The van der Waals surface area contributed by atoms with E-state index in [-0.39, 0.29) is 5.97 Å². The summed E-state index contributed by atoms with van der Waals surface area (Å²) in [4.78, 5) is 23.3. The smallest absolute Gasteiger partial charge is 0.323 e. The van der Waals surface area contributed by atoms with E-state index in [1.54, 1.807) is 0 Å². The van der Waals surface area contributed by atoms with E-state index in [2.05, 4.69) is 25.9 Å². The highest BCUT2D eigenvalue weighted by molar-refractivity contribution is 5.76. The maximum Gasteiger partial charge on any atom is 0.323 e. The monoisotopic (exact) mass is 408 g/mol. The van der Waals surface area contributed by atoms with E-state index < -0.39 is 12.0 Å². The lowest BCUT2D eigenvalue weighted by atomic mass is 9.69. The van der Waals surface area contributed by atoms with Gasteiger partial charge in [0.25, 0.3) is 0 Å². The molecule has 1 saturated heterocycles. The molecule has 1 saturated carbocycles. The summed E-state index contributed by atoms with van der Waals surface area (Å²) >= 11 is 0. The number of aromatic amines is 1. The van der Waals surface area contributed by atoms with Gasteiger partial charge in [0.1, 0.15) is 6.02 Å². The lowest BCUT2D eigenvalue weighted by Crippen LogP contribution is -2.50. The van der Waals surface area contributed by atoms with Crippen LogP contribution in [-0.4, -0.2) is 58.3 Å². The van der Waals surface area contributed by atoms with Crippen LogP contribution in [0.15, 0.2) is 0 Å². The molecule has 0 aromatic carbocycles. The molecule has 29 heavy (non-hydrogen) atoms. The molecule has 0 bridgehead atoms. The van der Waals surface area contributed by atoms with Crippen LogP contribution in [0, 0.1) is 17.8 Å². The number of piperidine rings is 1. The van der Waals surface area contributed by atoms with Crippen molar-refractivity contribution in [2.24, 2.45) is 17.8 Å². The zero-order chi connectivity index (χ0) is 21.4. The van der Waals surface area contributed by atoms with Gasteiger partial charge in [0.2, 0.25) is 0 Å². The van der Waals surface area contributed by atoms with Gasteiger partial charge in [0.05, 0.1) is 14.6 Å². The molecule has 0 radical (unpaired) electrons. The molecule has 1 aromatic rings. The zero-order valence-corrected chi connectivity index (χ0v) is 17.2. The Hall–Kier alpha value is -2.03. The molecule has 0 spiro atoms. The minimum absolute atomic E-state index is 0.279. The molecule has 9 heteroatoms. The van der Waals surface area contributed by atoms with E-state index in [4.69, 9.17) is 10.8 Å². The predicted octanol–water partition coefficient (Wildman–Crippen LogP) is 1.80. The molecule has 162 valence electrons. The number of hydrogen-bond donors (Lipinski definition) is 2. The average molecular weight is 409 g/mol. The van der Waals surface area contributed by atoms with Crippen molar-refractivity contribution in [2.45, 2.75) is 70.7 Å². The maximum atomic E-state index is 12.6. The summed E-state index contributed by atoms with van der Waals surface area (Å²) in [7, 11) is 0. The van der Waals surface area contributed by atoms with Crippen LogP contribution in [0.25, 0.3) is 0 Å². The van der Waals surface area contributed by atoms with Gasteiger partial charge in [-0.15, -0.1) is 10.2 Å². The van der Waals surface area contributed by atoms with E-state index in [0.29, 0.717) is 50.4 Å². The normalized spacial score (nSPS) is 29.6. The minimum Gasteiger partial charge on any atom is -0.466 e. The molecule has 0 amide bonds. The Morgan fingerprint density at radius 2 is 1.97 bits per heavy atom. The number of rotatable bonds is 10. The first-order valence-corrected chi connectivity index (χ1v) is 10.7. The first kappa shape index (κ1) is 20.3. The van der Waals surface area contributed by atoms with Crippen molar-refractivity contribution in [1.29, 1.82) is 0 Å². The van der Waals surface area contributed by atoms with Gasteiger partial charge in [0.15, 0.2) is 5.82 Å². The lowest BCUT2D eigenvalue weighted by molar-refractivity contribution is -0.148. The van der Waals surface area contributed by atoms with Crippen LogP contribution < -0.4 is 5.32 Å². The minimum atomic E-state index is -1.35. The van der Waals surface area contributed by atoms with Crippen LogP contribution >= 0.6 is 0 Å². The number of carbonyl (C=O) groups excluding carboxylic acids is 2. The fraction of sp³-hybridized carbons (Fsp3) is 0.850. The molecule has 9 nitrogen and oxygen atoms in total. The van der Waals surface area contributed by atoms with Gasteiger partial charge in [-0.2, -0.15) is 5.21 Å². The summed E-state index contributed by atoms with van der Waals surface area (Å²) in [5, 5.41) is 17.3. The van der Waals surface area contributed by atoms with Crippen LogP contribution in [-0.2, 0) is 25.5 Å². The van der Waals surface area contributed by atoms with Crippen molar-refractivity contribution in [2.75, 3.05) is 19.8 Å². The number of hydrogen-bond acceptors (Lipinski definition) is 8. The second kappa shape index (κ2) is 11.2. The SMILES string of the molecule is [2H][C@@]1(C(=O)OCCCCCOC(C)=O)C[C@H]2C[C@@H](CCc3nn[nH]n3)CC[C@H]2CN1. The number of H-pyrrole nitrogens is 1. The second-order valence-corrected chi connectivity index (χ2v) is 8.17. The second-order valence-electron chi connectivity index (χ2n) is 8.17. The van der Waals surface area contributed by atoms with Crippen LogP contribution in [0.4, 0.5) is 0 Å². The summed E-state index contributed by atoms with van der Waals surface area (Å²) < 4.78 is 18.9. The molecule has 2 heterocycles. The number of aromatic nitrogens is 4. The topological polar surface area (TPSA) is 119 Å². The molecule has 3 rings (SSSR count). The molecule has 1 aliphatic heterocycles. The third-order valence-electron chi connectivity index (χ3n) is 6.03. The van der Waals surface area contributed by atoms with Gasteiger partial charge in [-0.3, -0.25) is 9.59 Å². The van der Waals surface area contributed by atoms with E-state index in [9.17, 15) is 9.59 Å². The zero-order valence-electron chi connectivity index (χ0n) is 18.2. The van der Waals surface area contributed by atoms with Crippen molar-refractivity contribution >= 4 is 11.9 Å². The van der Waals surface area contributed by atoms with Crippen LogP contribution in [0.2, 0.25) is 0 Å². The van der Waals surface area contributed by atoms with Crippen molar-refractivity contribution in [3.05, 3.63) is 5.82 Å². The van der Waals surface area contributed by atoms with Crippen LogP contribution in [0.1, 0.15) is 65.5 Å². The van der Waals surface area contributed by atoms with Crippen LogP contribution in [0.5, 0.6) is 0 Å². The Bertz CT molecular complexity index is 689. The van der Waals surface area contributed by atoms with Crippen molar-refractivity contribution in [3.63, 3.8) is 0 Å². The van der Waals surface area contributed by atoms with Gasteiger partial charge in [-0.1, -0.05) is 11.6 Å². The molecular formula is C20H33N5O4. The fourth-order valence-corrected chi connectivity index (χ4v) is 4.42. The third kappa shape index (κ3) is 7.06. The van der Waals surface area contributed by atoms with Crippen molar-refractivity contribution in [1.82, 2.24) is 25.9 Å². The van der Waals surface area contributed by atoms with E-state index in [1.807, 2.05) is 0 Å². The van der Waals surface area contributed by atoms with E-state index in [1.165, 1.54) is 13.3 Å². The fourth-order valence-electron chi connectivity index (χ4n) is 4.42. The molecule has 2 N–H and O–H groups in total. The summed E-state index contributed by atoms with van der Waals surface area (Å²) in [6.45, 7) is 2.77. The Kier molecular flexibility index (Phi) is 7.84. The summed E-state index contributed by atoms with van der Waals surface area (Å²) in [6.07, 6.45) is 7.91. The number of esters is 2. The third-order valence-corrected chi connectivity index (χ3v) is 6.03. The highest BCUT2D eigenvalue weighted by atomic mass is 16.5. The van der Waals surface area contributed by atoms with E-state index in [0.717, 1.165) is 44.3 Å². The first-order valence-electron chi connectivity index (χ1n) is 11.2. The van der Waals surface area contributed by atoms with Crippen molar-refractivity contribution < 1.29 is 20.4 Å². The molecule has 1 aliphatic carbocycles. The molecule has 4 atom stereocenters. The molecule has 2 aliphatic rings. The van der Waals surface area contributed by atoms with Crippen molar-refractivity contribution in [3.8, 4) is 0 Å². The number of tetrazole rings is 1. The molecule has 1 aromatic heterocycles. The van der Waals surface area contributed by atoms with Crippen LogP contribution in [0.3, 0.4) is 0 Å². The molecule has 2 fully saturated rings. The molecular weight excluding hydrogens is 374 g/mol. The van der Waals surface area contributed by atoms with Gasteiger partial charge in [-0.25, -0.2) is 0 Å². The van der Waals surface area contributed by atoms with Gasteiger partial charge in [0, 0.05) is 13.3 Å². The number of aryl methyl sites for hydroxylation is 1. The number of unbranched alkanes of at least 4 members (excludes halogenated alkanes) is 2. The highest BCUT2D eigenvalue weighted by Crippen LogP contribution is 2.40. The predicted molar refractivity (Wildman–Crippen MR) is 105 cm³/mol. The largest absolute Gasteiger partial charge is 0.466 e. The lowest BCUT2D eigenvalue weighted by Gasteiger charge is -2.42. The average Bonchev–Trinajstić information content (AvgIpc) is 3.24. The quantitative estimate of drug-likeness (QED) is 0.444. The number of fused-ring (bicyclic) bond motifs is 1. The molecule has 0 unspecified atom stereocenters. The summed E-state index contributed by atoms with van der Waals surface area (Å²) in [5.74, 6) is 1.45. The van der Waals surface area contributed by atoms with Gasteiger partial charge < -0.3 is 14.8 Å². The summed E-state index contributed by atoms with van der Waals surface area (Å²) in [5.41, 5.74) is 0. The Labute approximate surface area is 173 Å². The number of nitrogens with zero attached hydrogens (tertiary/aromatic N) is 3. The number of nitrogens with one attached hydrogen (secondary N) is 2. The standard InChI is InChI=1S/C20H33N5O4/c1-14(26)28-9-3-2-4-10-29-20(27)18-12-17-11-15(5-7-16(17)13-21-18)6-8-19-22-24-25-23-19/h15-18,21H,2-13H2,1H3,(H,22,23,24,25)/t15-,16+,17-,18+/m1/s1/i18D. The highest BCUT2D eigenvalue weighted by Gasteiger charge is 2.38. The number of ether oxygens (including phenoxy) is 2. The maximum absolute atomic E-state index is 12.6. The van der Waals surface area contributed by atoms with E-state index >= 15 is 0 Å².